The lowest BCUT2D eigenvalue weighted by molar-refractivity contribution is -0.134. The molecule has 0 radical (unpaired) electrons. The van der Waals surface area contributed by atoms with Gasteiger partial charge in [0.05, 0.1) is 5.75 Å². The highest BCUT2D eigenvalue weighted by Gasteiger charge is 2.21. The average Bonchev–Trinajstić information content (AvgIpc) is 2.25. The van der Waals surface area contributed by atoms with E-state index in [1.807, 2.05) is 0 Å². The molecule has 0 atom stereocenters. The lowest BCUT2D eigenvalue weighted by Crippen LogP contribution is -2.40. The van der Waals surface area contributed by atoms with Crippen molar-refractivity contribution in [1.82, 2.24) is 4.90 Å². The van der Waals surface area contributed by atoms with E-state index in [0.29, 0.717) is 18.5 Å². The normalized spacial score (nSPS) is 12.6. The minimum absolute atomic E-state index is 0.0808. The van der Waals surface area contributed by atoms with Crippen molar-refractivity contribution in [2.45, 2.75) is 46.6 Å². The minimum atomic E-state index is -3.50. The fraction of sp³-hybridized carbons (Fsp3) is 0.923. The van der Waals surface area contributed by atoms with E-state index in [2.05, 4.69) is 32.6 Å². The molecule has 0 aliphatic carbocycles. The maximum atomic E-state index is 11.6. The summed E-state index contributed by atoms with van der Waals surface area (Å²) in [4.78, 5) is 12.7. The van der Waals surface area contributed by atoms with Crippen LogP contribution in [0.25, 0.3) is 0 Å². The molecular formula is C13H27NO4S. The van der Waals surface area contributed by atoms with Crippen molar-refractivity contribution in [2.75, 3.05) is 24.6 Å². The summed E-state index contributed by atoms with van der Waals surface area (Å²) in [6.07, 6.45) is 1.95. The van der Waals surface area contributed by atoms with Crippen molar-refractivity contribution >= 4 is 15.8 Å². The summed E-state index contributed by atoms with van der Waals surface area (Å²) in [7, 11) is -3.50. The highest BCUT2D eigenvalue weighted by atomic mass is 32.2. The van der Waals surface area contributed by atoms with Crippen molar-refractivity contribution < 1.29 is 18.3 Å². The summed E-state index contributed by atoms with van der Waals surface area (Å²) in [5.41, 5.74) is 0. The first-order valence-electron chi connectivity index (χ1n) is 6.88. The number of aliphatic carboxylic acids is 1. The summed E-state index contributed by atoms with van der Waals surface area (Å²) >= 11 is 0. The number of rotatable bonds is 10. The number of sulfone groups is 1. The van der Waals surface area contributed by atoms with E-state index in [9.17, 15) is 13.2 Å². The predicted octanol–water partition coefficient (Wildman–Crippen LogP) is 1.63. The van der Waals surface area contributed by atoms with Gasteiger partial charge in [-0.1, -0.05) is 27.7 Å². The Hall–Kier alpha value is -0.620. The highest BCUT2D eigenvalue weighted by Crippen LogP contribution is 2.11. The zero-order valence-electron chi connectivity index (χ0n) is 12.4. The number of carbonyl (C=O) groups is 1. The Morgan fingerprint density at radius 3 is 2.11 bits per heavy atom. The van der Waals surface area contributed by atoms with Gasteiger partial charge in [-0.05, 0) is 18.8 Å². The van der Waals surface area contributed by atoms with E-state index in [1.165, 1.54) is 0 Å². The third kappa shape index (κ3) is 8.21. The van der Waals surface area contributed by atoms with Gasteiger partial charge in [0.1, 0.15) is 5.75 Å². The maximum Gasteiger partial charge on any atom is 0.318 e. The first kappa shape index (κ1) is 18.4. The van der Waals surface area contributed by atoms with Gasteiger partial charge < -0.3 is 5.11 Å². The number of hydrogen-bond donors (Lipinski definition) is 1. The molecule has 1 N–H and O–H groups in total. The lowest BCUT2D eigenvalue weighted by atomic mass is 10.1. The van der Waals surface area contributed by atoms with Crippen LogP contribution in [0.2, 0.25) is 0 Å². The third-order valence-corrected chi connectivity index (χ3v) is 4.58. The van der Waals surface area contributed by atoms with E-state index >= 15 is 0 Å². The Kier molecular flexibility index (Phi) is 8.25. The largest absolute Gasteiger partial charge is 0.480 e. The SMILES string of the molecule is CCC(CC)N(CCS(=O)(=O)CC(=O)O)CC(C)C. The molecule has 0 aromatic carbocycles. The predicted molar refractivity (Wildman–Crippen MR) is 77.1 cm³/mol. The molecule has 0 aliphatic rings. The molecule has 0 aromatic rings. The fourth-order valence-corrected chi connectivity index (χ4v) is 3.25. The van der Waals surface area contributed by atoms with Crippen molar-refractivity contribution in [2.24, 2.45) is 5.92 Å². The van der Waals surface area contributed by atoms with E-state index in [0.717, 1.165) is 19.4 Å². The first-order valence-corrected chi connectivity index (χ1v) is 8.70. The molecule has 114 valence electrons. The van der Waals surface area contributed by atoms with Crippen LogP contribution in [0.5, 0.6) is 0 Å². The van der Waals surface area contributed by atoms with Crippen LogP contribution < -0.4 is 0 Å². The van der Waals surface area contributed by atoms with Gasteiger partial charge in [0.15, 0.2) is 9.84 Å². The zero-order valence-corrected chi connectivity index (χ0v) is 13.2. The number of hydrogen-bond acceptors (Lipinski definition) is 4. The second-order valence-corrected chi connectivity index (χ2v) is 7.53. The topological polar surface area (TPSA) is 74.7 Å². The van der Waals surface area contributed by atoms with E-state index < -0.39 is 21.6 Å². The Balaban J connectivity index is 4.61. The van der Waals surface area contributed by atoms with Crippen LogP contribution in [0.4, 0.5) is 0 Å². The summed E-state index contributed by atoms with van der Waals surface area (Å²) in [5, 5.41) is 8.57. The van der Waals surface area contributed by atoms with Gasteiger partial charge in [-0.25, -0.2) is 8.42 Å². The van der Waals surface area contributed by atoms with Crippen LogP contribution in [-0.4, -0.2) is 55.0 Å². The molecule has 0 saturated carbocycles. The van der Waals surface area contributed by atoms with Crippen molar-refractivity contribution in [1.29, 1.82) is 0 Å². The van der Waals surface area contributed by atoms with Gasteiger partial charge in [0.2, 0.25) is 0 Å². The average molecular weight is 293 g/mol. The number of carboxylic acid groups (broad SMARTS) is 1. The standard InChI is InChI=1S/C13H27NO4S/c1-5-12(6-2)14(9-11(3)4)7-8-19(17,18)10-13(15)16/h11-12H,5-10H2,1-4H3,(H,15,16). The molecule has 0 rings (SSSR count). The van der Waals surface area contributed by atoms with Crippen LogP contribution >= 0.6 is 0 Å². The molecular weight excluding hydrogens is 266 g/mol. The molecule has 0 spiro atoms. The Morgan fingerprint density at radius 2 is 1.74 bits per heavy atom. The minimum Gasteiger partial charge on any atom is -0.480 e. The Morgan fingerprint density at radius 1 is 1.21 bits per heavy atom. The fourth-order valence-electron chi connectivity index (χ4n) is 2.21. The second kappa shape index (κ2) is 8.53. The Bertz CT molecular complexity index is 361. The molecule has 5 nitrogen and oxygen atoms in total. The summed E-state index contributed by atoms with van der Waals surface area (Å²) in [6, 6.07) is 0.363. The van der Waals surface area contributed by atoms with Gasteiger partial charge in [-0.15, -0.1) is 0 Å². The quantitative estimate of drug-likeness (QED) is 0.662. The third-order valence-electron chi connectivity index (χ3n) is 3.09. The van der Waals surface area contributed by atoms with E-state index in [1.54, 1.807) is 0 Å². The molecule has 0 aliphatic heterocycles. The second-order valence-electron chi connectivity index (χ2n) is 5.34. The maximum absolute atomic E-state index is 11.6. The molecule has 0 heterocycles. The monoisotopic (exact) mass is 293 g/mol. The Labute approximate surface area is 116 Å². The van der Waals surface area contributed by atoms with Gasteiger partial charge in [0.25, 0.3) is 0 Å². The molecule has 0 unspecified atom stereocenters. The number of carboxylic acids is 1. The van der Waals surface area contributed by atoms with Crippen LogP contribution in [0, 0.1) is 5.92 Å². The van der Waals surface area contributed by atoms with Crippen molar-refractivity contribution in [3.8, 4) is 0 Å². The molecule has 0 fully saturated rings. The summed E-state index contributed by atoms with van der Waals surface area (Å²) in [6.45, 7) is 9.64. The summed E-state index contributed by atoms with van der Waals surface area (Å²) < 4.78 is 23.2. The van der Waals surface area contributed by atoms with Gasteiger partial charge >= 0.3 is 5.97 Å². The molecule has 0 saturated heterocycles. The van der Waals surface area contributed by atoms with Gasteiger partial charge in [0, 0.05) is 19.1 Å². The van der Waals surface area contributed by atoms with Crippen LogP contribution in [0.15, 0.2) is 0 Å². The van der Waals surface area contributed by atoms with Crippen LogP contribution in [0.1, 0.15) is 40.5 Å². The van der Waals surface area contributed by atoms with Gasteiger partial charge in [-0.3, -0.25) is 9.69 Å². The van der Waals surface area contributed by atoms with Crippen LogP contribution in [0.3, 0.4) is 0 Å². The zero-order chi connectivity index (χ0) is 15.1. The van der Waals surface area contributed by atoms with Gasteiger partial charge in [-0.2, -0.15) is 0 Å². The smallest absolute Gasteiger partial charge is 0.318 e. The van der Waals surface area contributed by atoms with E-state index in [4.69, 9.17) is 5.11 Å². The molecule has 19 heavy (non-hydrogen) atoms. The molecule has 0 aromatic heterocycles. The highest BCUT2D eigenvalue weighted by molar-refractivity contribution is 7.92. The van der Waals surface area contributed by atoms with Crippen molar-refractivity contribution in [3.05, 3.63) is 0 Å². The molecule has 6 heteroatoms. The van der Waals surface area contributed by atoms with Crippen molar-refractivity contribution in [3.63, 3.8) is 0 Å². The lowest BCUT2D eigenvalue weighted by Gasteiger charge is -2.31. The molecule has 0 bridgehead atoms. The summed E-state index contributed by atoms with van der Waals surface area (Å²) in [5.74, 6) is -1.67. The van der Waals surface area contributed by atoms with Crippen LogP contribution in [-0.2, 0) is 14.6 Å². The van der Waals surface area contributed by atoms with E-state index in [-0.39, 0.29) is 5.75 Å². The molecule has 0 amide bonds. The first-order chi connectivity index (χ1) is 8.71. The number of nitrogens with zero attached hydrogens (tertiary/aromatic N) is 1.